The molecule has 1 aliphatic rings. The van der Waals surface area contributed by atoms with E-state index in [2.05, 4.69) is 5.32 Å². The quantitative estimate of drug-likeness (QED) is 0.861. The molecule has 1 saturated carbocycles. The summed E-state index contributed by atoms with van der Waals surface area (Å²) in [6, 6.07) is 9.48. The molecule has 0 saturated heterocycles. The Morgan fingerprint density at radius 3 is 2.53 bits per heavy atom. The second kappa shape index (κ2) is 5.52. The lowest BCUT2D eigenvalue weighted by Crippen LogP contribution is -2.49. The van der Waals surface area contributed by atoms with Gasteiger partial charge in [0.2, 0.25) is 5.91 Å². The van der Waals surface area contributed by atoms with Crippen LogP contribution >= 0.6 is 12.4 Å². The van der Waals surface area contributed by atoms with Crippen molar-refractivity contribution in [3.05, 3.63) is 35.9 Å². The Kier molecular flexibility index (Phi) is 4.54. The van der Waals surface area contributed by atoms with Gasteiger partial charge in [0.25, 0.3) is 0 Å². The van der Waals surface area contributed by atoms with Gasteiger partial charge in [0.05, 0.1) is 0 Å². The summed E-state index contributed by atoms with van der Waals surface area (Å²) in [6.07, 6.45) is 2.46. The molecule has 1 aromatic rings. The number of nitrogens with one attached hydrogen (secondary N) is 1. The molecule has 0 aromatic heterocycles. The third-order valence-electron chi connectivity index (χ3n) is 3.09. The van der Waals surface area contributed by atoms with Crippen LogP contribution in [0.25, 0.3) is 0 Å². The maximum Gasteiger partial charge on any atom is 0.244 e. The lowest BCUT2D eigenvalue weighted by molar-refractivity contribution is -0.126. The van der Waals surface area contributed by atoms with E-state index in [-0.39, 0.29) is 18.3 Å². The van der Waals surface area contributed by atoms with Crippen LogP contribution < -0.4 is 11.1 Å². The molecular formula is C13H19ClN2O. The Morgan fingerprint density at radius 1 is 1.41 bits per heavy atom. The van der Waals surface area contributed by atoms with Crippen molar-refractivity contribution in [1.29, 1.82) is 0 Å². The molecule has 17 heavy (non-hydrogen) atoms. The molecule has 3 N–H and O–H groups in total. The highest BCUT2D eigenvalue weighted by Crippen LogP contribution is 2.28. The standard InChI is InChI=1S/C13H18N2O.ClH/c1-13(14,11-5-3-2-4-6-11)12(16)15-9-10-7-8-10;/h2-6,10H,7-9,14H2,1H3,(H,15,16);1H. The van der Waals surface area contributed by atoms with Crippen LogP contribution in [0.1, 0.15) is 25.3 Å². The molecule has 94 valence electrons. The number of carbonyl (C=O) groups excluding carboxylic acids is 1. The minimum Gasteiger partial charge on any atom is -0.354 e. The predicted molar refractivity (Wildman–Crippen MR) is 71.0 cm³/mol. The Hall–Kier alpha value is -1.06. The Labute approximate surface area is 108 Å². The molecule has 1 fully saturated rings. The fraction of sp³-hybridized carbons (Fsp3) is 0.462. The molecule has 1 aliphatic carbocycles. The lowest BCUT2D eigenvalue weighted by Gasteiger charge is -2.24. The van der Waals surface area contributed by atoms with Crippen molar-refractivity contribution >= 4 is 18.3 Å². The maximum absolute atomic E-state index is 12.0. The number of rotatable bonds is 4. The third-order valence-corrected chi connectivity index (χ3v) is 3.09. The normalized spacial score (nSPS) is 17.8. The van der Waals surface area contributed by atoms with Gasteiger partial charge < -0.3 is 11.1 Å². The van der Waals surface area contributed by atoms with Gasteiger partial charge in [0, 0.05) is 6.54 Å². The van der Waals surface area contributed by atoms with Crippen molar-refractivity contribution in [1.82, 2.24) is 5.32 Å². The van der Waals surface area contributed by atoms with Gasteiger partial charge in [0.1, 0.15) is 5.54 Å². The molecule has 2 rings (SSSR count). The highest BCUT2D eigenvalue weighted by atomic mass is 35.5. The van der Waals surface area contributed by atoms with Gasteiger partial charge in [-0.3, -0.25) is 4.79 Å². The molecule has 1 atom stereocenters. The summed E-state index contributed by atoms with van der Waals surface area (Å²) in [6.45, 7) is 2.52. The summed E-state index contributed by atoms with van der Waals surface area (Å²) in [5.74, 6) is 0.584. The molecule has 1 unspecified atom stereocenters. The van der Waals surface area contributed by atoms with E-state index in [0.717, 1.165) is 12.1 Å². The molecule has 1 aromatic carbocycles. The molecule has 4 heteroatoms. The highest BCUT2D eigenvalue weighted by molar-refractivity contribution is 5.87. The average Bonchev–Trinajstić information content (AvgIpc) is 3.11. The van der Waals surface area contributed by atoms with E-state index in [1.165, 1.54) is 12.8 Å². The van der Waals surface area contributed by atoms with Crippen LogP contribution in [-0.4, -0.2) is 12.5 Å². The van der Waals surface area contributed by atoms with Crippen LogP contribution in [0.15, 0.2) is 30.3 Å². The topological polar surface area (TPSA) is 55.1 Å². The zero-order valence-electron chi connectivity index (χ0n) is 9.98. The molecule has 3 nitrogen and oxygen atoms in total. The zero-order valence-corrected chi connectivity index (χ0v) is 10.8. The summed E-state index contributed by atoms with van der Waals surface area (Å²) in [5, 5.41) is 2.92. The van der Waals surface area contributed by atoms with Crippen molar-refractivity contribution in [2.75, 3.05) is 6.54 Å². The molecule has 1 amide bonds. The maximum atomic E-state index is 12.0. The first kappa shape index (κ1) is 14.0. The molecule has 0 bridgehead atoms. The Balaban J connectivity index is 0.00000144. The summed E-state index contributed by atoms with van der Waals surface area (Å²) in [5.41, 5.74) is 5.99. The Morgan fingerprint density at radius 2 is 2.00 bits per heavy atom. The van der Waals surface area contributed by atoms with E-state index in [4.69, 9.17) is 5.73 Å². The minimum absolute atomic E-state index is 0. The van der Waals surface area contributed by atoms with Crippen LogP contribution in [-0.2, 0) is 10.3 Å². The smallest absolute Gasteiger partial charge is 0.244 e. The van der Waals surface area contributed by atoms with E-state index in [1.807, 2.05) is 30.3 Å². The van der Waals surface area contributed by atoms with Crippen LogP contribution in [0.2, 0.25) is 0 Å². The minimum atomic E-state index is -0.934. The van der Waals surface area contributed by atoms with Gasteiger partial charge in [-0.05, 0) is 31.2 Å². The summed E-state index contributed by atoms with van der Waals surface area (Å²) in [4.78, 5) is 12.0. The zero-order chi connectivity index (χ0) is 11.6. The van der Waals surface area contributed by atoms with E-state index in [9.17, 15) is 4.79 Å². The molecule has 0 spiro atoms. The molecule has 0 radical (unpaired) electrons. The van der Waals surface area contributed by atoms with Crippen molar-refractivity contribution in [3.8, 4) is 0 Å². The van der Waals surface area contributed by atoms with Crippen molar-refractivity contribution in [3.63, 3.8) is 0 Å². The van der Waals surface area contributed by atoms with Gasteiger partial charge >= 0.3 is 0 Å². The third kappa shape index (κ3) is 3.45. The molecule has 0 aliphatic heterocycles. The number of benzene rings is 1. The second-order valence-corrected chi connectivity index (χ2v) is 4.72. The van der Waals surface area contributed by atoms with Crippen molar-refractivity contribution < 1.29 is 4.79 Å². The average molecular weight is 255 g/mol. The number of nitrogens with two attached hydrogens (primary N) is 1. The lowest BCUT2D eigenvalue weighted by atomic mass is 9.92. The second-order valence-electron chi connectivity index (χ2n) is 4.72. The monoisotopic (exact) mass is 254 g/mol. The highest BCUT2D eigenvalue weighted by Gasteiger charge is 2.31. The first-order valence-corrected chi connectivity index (χ1v) is 5.73. The number of halogens is 1. The van der Waals surface area contributed by atoms with E-state index >= 15 is 0 Å². The van der Waals surface area contributed by atoms with Gasteiger partial charge in [-0.2, -0.15) is 0 Å². The van der Waals surface area contributed by atoms with Gasteiger partial charge in [-0.15, -0.1) is 12.4 Å². The van der Waals surface area contributed by atoms with Crippen LogP contribution in [0.4, 0.5) is 0 Å². The number of hydrogen-bond acceptors (Lipinski definition) is 2. The van der Waals surface area contributed by atoms with Gasteiger partial charge in [0.15, 0.2) is 0 Å². The van der Waals surface area contributed by atoms with Gasteiger partial charge in [-0.1, -0.05) is 30.3 Å². The first-order valence-electron chi connectivity index (χ1n) is 5.73. The van der Waals surface area contributed by atoms with Crippen molar-refractivity contribution in [2.24, 2.45) is 11.7 Å². The van der Waals surface area contributed by atoms with Gasteiger partial charge in [-0.25, -0.2) is 0 Å². The molecular weight excluding hydrogens is 236 g/mol. The fourth-order valence-corrected chi connectivity index (χ4v) is 1.66. The summed E-state index contributed by atoms with van der Waals surface area (Å²) in [7, 11) is 0. The SMILES string of the molecule is CC(N)(C(=O)NCC1CC1)c1ccccc1.Cl. The van der Waals surface area contributed by atoms with Crippen LogP contribution in [0, 0.1) is 5.92 Å². The number of amides is 1. The summed E-state index contributed by atoms with van der Waals surface area (Å²) < 4.78 is 0. The Bertz CT molecular complexity index is 374. The first-order chi connectivity index (χ1) is 7.60. The van der Waals surface area contributed by atoms with Crippen LogP contribution in [0.5, 0.6) is 0 Å². The van der Waals surface area contributed by atoms with E-state index in [0.29, 0.717) is 5.92 Å². The van der Waals surface area contributed by atoms with Crippen LogP contribution in [0.3, 0.4) is 0 Å². The predicted octanol–water partition coefficient (Wildman–Crippen LogP) is 1.81. The number of hydrogen-bond donors (Lipinski definition) is 2. The van der Waals surface area contributed by atoms with E-state index < -0.39 is 5.54 Å². The number of carbonyl (C=O) groups is 1. The largest absolute Gasteiger partial charge is 0.354 e. The van der Waals surface area contributed by atoms with Crippen molar-refractivity contribution in [2.45, 2.75) is 25.3 Å². The molecule has 0 heterocycles. The van der Waals surface area contributed by atoms with E-state index in [1.54, 1.807) is 6.92 Å². The fourth-order valence-electron chi connectivity index (χ4n) is 1.66. The summed E-state index contributed by atoms with van der Waals surface area (Å²) >= 11 is 0.